The summed E-state index contributed by atoms with van der Waals surface area (Å²) in [5.74, 6) is 0.619. The van der Waals surface area contributed by atoms with Crippen LogP contribution in [0.2, 0.25) is 0 Å². The Kier molecular flexibility index (Phi) is 4.03. The second-order valence-electron chi connectivity index (χ2n) is 3.57. The van der Waals surface area contributed by atoms with Crippen LogP contribution in [0.1, 0.15) is 17.3 Å². The van der Waals surface area contributed by atoms with E-state index in [-0.39, 0.29) is 11.9 Å². The number of rotatable bonds is 3. The summed E-state index contributed by atoms with van der Waals surface area (Å²) in [6.45, 7) is 1.96. The number of hydrogen-bond acceptors (Lipinski definition) is 3. The molecule has 0 aliphatic heterocycles. The Labute approximate surface area is 95.7 Å². The van der Waals surface area contributed by atoms with Gasteiger partial charge in [0.05, 0.1) is 0 Å². The summed E-state index contributed by atoms with van der Waals surface area (Å²) in [6, 6.07) is 7.10. The Morgan fingerprint density at radius 1 is 1.60 bits per heavy atom. The third-order valence-electron chi connectivity index (χ3n) is 2.38. The second kappa shape index (κ2) is 5.07. The number of nitrogens with zero attached hydrogens (tertiary/aromatic N) is 1. The lowest BCUT2D eigenvalue weighted by Gasteiger charge is -2.23. The van der Waals surface area contributed by atoms with Crippen LogP contribution in [0.4, 0.5) is 5.69 Å². The van der Waals surface area contributed by atoms with E-state index in [0.29, 0.717) is 17.0 Å². The molecule has 0 radical (unpaired) electrons. The topological polar surface area (TPSA) is 46.3 Å². The van der Waals surface area contributed by atoms with Crippen molar-refractivity contribution in [1.29, 1.82) is 0 Å². The van der Waals surface area contributed by atoms with E-state index < -0.39 is 0 Å². The van der Waals surface area contributed by atoms with Crippen LogP contribution in [-0.2, 0) is 0 Å². The van der Waals surface area contributed by atoms with E-state index in [1.165, 1.54) is 0 Å². The van der Waals surface area contributed by atoms with Crippen molar-refractivity contribution < 1.29 is 4.79 Å². The molecule has 1 rings (SSSR count). The zero-order valence-electron chi connectivity index (χ0n) is 8.97. The predicted octanol–water partition coefficient (Wildman–Crippen LogP) is 1.66. The highest BCUT2D eigenvalue weighted by molar-refractivity contribution is 7.80. The summed E-state index contributed by atoms with van der Waals surface area (Å²) in [6.07, 6.45) is 0. The van der Waals surface area contributed by atoms with Gasteiger partial charge in [-0.05, 0) is 25.1 Å². The van der Waals surface area contributed by atoms with Crippen molar-refractivity contribution in [2.45, 2.75) is 13.0 Å². The van der Waals surface area contributed by atoms with Gasteiger partial charge in [0.25, 0.3) is 5.91 Å². The maximum atomic E-state index is 11.9. The first-order valence-corrected chi connectivity index (χ1v) is 5.43. The zero-order valence-corrected chi connectivity index (χ0v) is 9.87. The molecule has 0 aliphatic carbocycles. The van der Waals surface area contributed by atoms with Crippen LogP contribution in [0.15, 0.2) is 24.3 Å². The molecule has 1 aromatic rings. The largest absolute Gasteiger partial charge is 0.399 e. The molecular weight excluding hydrogens is 208 g/mol. The lowest BCUT2D eigenvalue weighted by Crippen LogP contribution is -2.36. The van der Waals surface area contributed by atoms with E-state index in [1.807, 2.05) is 6.92 Å². The minimum Gasteiger partial charge on any atom is -0.399 e. The molecule has 82 valence electrons. The highest BCUT2D eigenvalue weighted by atomic mass is 32.1. The molecule has 1 atom stereocenters. The van der Waals surface area contributed by atoms with Crippen LogP contribution in [0.5, 0.6) is 0 Å². The van der Waals surface area contributed by atoms with Crippen molar-refractivity contribution in [3.63, 3.8) is 0 Å². The Morgan fingerprint density at radius 3 is 2.80 bits per heavy atom. The summed E-state index contributed by atoms with van der Waals surface area (Å²) in [4.78, 5) is 13.6. The summed E-state index contributed by atoms with van der Waals surface area (Å²) in [5, 5.41) is 0. The fourth-order valence-electron chi connectivity index (χ4n) is 1.20. The summed E-state index contributed by atoms with van der Waals surface area (Å²) in [5.41, 5.74) is 6.84. The Bertz CT molecular complexity index is 354. The first-order chi connectivity index (χ1) is 7.06. The van der Waals surface area contributed by atoms with Crippen molar-refractivity contribution in [1.82, 2.24) is 4.90 Å². The molecule has 0 heterocycles. The highest BCUT2D eigenvalue weighted by Gasteiger charge is 2.16. The van der Waals surface area contributed by atoms with Gasteiger partial charge in [0, 0.05) is 30.1 Å². The monoisotopic (exact) mass is 224 g/mol. The van der Waals surface area contributed by atoms with Gasteiger partial charge < -0.3 is 10.6 Å². The molecule has 0 aliphatic rings. The highest BCUT2D eigenvalue weighted by Crippen LogP contribution is 2.10. The van der Waals surface area contributed by atoms with Gasteiger partial charge in [0.2, 0.25) is 0 Å². The van der Waals surface area contributed by atoms with E-state index >= 15 is 0 Å². The lowest BCUT2D eigenvalue weighted by atomic mass is 10.1. The van der Waals surface area contributed by atoms with Gasteiger partial charge >= 0.3 is 0 Å². The maximum absolute atomic E-state index is 11.9. The maximum Gasteiger partial charge on any atom is 0.253 e. The quantitative estimate of drug-likeness (QED) is 0.606. The molecule has 0 fully saturated rings. The number of carbonyl (C=O) groups is 1. The number of benzene rings is 1. The van der Waals surface area contributed by atoms with Gasteiger partial charge in [-0.25, -0.2) is 0 Å². The number of carbonyl (C=O) groups excluding carboxylic acids is 1. The summed E-state index contributed by atoms with van der Waals surface area (Å²) >= 11 is 4.16. The molecule has 0 saturated heterocycles. The molecule has 1 aromatic carbocycles. The van der Waals surface area contributed by atoms with Gasteiger partial charge in [-0.15, -0.1) is 0 Å². The van der Waals surface area contributed by atoms with Crippen LogP contribution in [-0.4, -0.2) is 29.6 Å². The average molecular weight is 224 g/mol. The van der Waals surface area contributed by atoms with E-state index in [4.69, 9.17) is 5.73 Å². The minimum absolute atomic E-state index is 0.0242. The van der Waals surface area contributed by atoms with Crippen LogP contribution in [0, 0.1) is 0 Å². The Hall–Kier alpha value is -1.16. The average Bonchev–Trinajstić information content (AvgIpc) is 2.26. The smallest absolute Gasteiger partial charge is 0.253 e. The molecule has 1 amide bonds. The third-order valence-corrected chi connectivity index (χ3v) is 2.91. The molecule has 0 bridgehead atoms. The third kappa shape index (κ3) is 2.89. The molecular formula is C11H16N2OS. The van der Waals surface area contributed by atoms with Gasteiger partial charge in [-0.2, -0.15) is 12.6 Å². The molecule has 0 aromatic heterocycles. The lowest BCUT2D eigenvalue weighted by molar-refractivity contribution is 0.0758. The SMILES string of the molecule is CC(CS)N(C)C(=O)c1cccc(N)c1. The normalized spacial score (nSPS) is 12.2. The second-order valence-corrected chi connectivity index (χ2v) is 3.94. The molecule has 0 spiro atoms. The van der Waals surface area contributed by atoms with Gasteiger partial charge in [-0.3, -0.25) is 4.79 Å². The van der Waals surface area contributed by atoms with E-state index in [1.54, 1.807) is 36.2 Å². The van der Waals surface area contributed by atoms with Crippen molar-refractivity contribution in [2.75, 3.05) is 18.5 Å². The molecule has 4 heteroatoms. The van der Waals surface area contributed by atoms with Crippen molar-refractivity contribution in [3.8, 4) is 0 Å². The van der Waals surface area contributed by atoms with Crippen molar-refractivity contribution in [2.24, 2.45) is 0 Å². The number of hydrogen-bond donors (Lipinski definition) is 2. The minimum atomic E-state index is -0.0242. The van der Waals surface area contributed by atoms with Crippen molar-refractivity contribution >= 4 is 24.2 Å². The fourth-order valence-corrected chi connectivity index (χ4v) is 1.44. The Morgan fingerprint density at radius 2 is 2.27 bits per heavy atom. The zero-order chi connectivity index (χ0) is 11.4. The number of nitrogen functional groups attached to an aromatic ring is 1. The van der Waals surface area contributed by atoms with E-state index in [2.05, 4.69) is 12.6 Å². The predicted molar refractivity (Wildman–Crippen MR) is 66.3 cm³/mol. The number of thiol groups is 1. The van der Waals surface area contributed by atoms with E-state index in [9.17, 15) is 4.79 Å². The van der Waals surface area contributed by atoms with Crippen LogP contribution >= 0.6 is 12.6 Å². The Balaban J connectivity index is 2.85. The van der Waals surface area contributed by atoms with Crippen LogP contribution in [0.25, 0.3) is 0 Å². The summed E-state index contributed by atoms with van der Waals surface area (Å²) in [7, 11) is 1.77. The molecule has 3 nitrogen and oxygen atoms in total. The van der Waals surface area contributed by atoms with Gasteiger partial charge in [0.1, 0.15) is 0 Å². The van der Waals surface area contributed by atoms with Crippen molar-refractivity contribution in [3.05, 3.63) is 29.8 Å². The molecule has 0 saturated carbocycles. The van der Waals surface area contributed by atoms with Gasteiger partial charge in [0.15, 0.2) is 0 Å². The number of anilines is 1. The van der Waals surface area contributed by atoms with Crippen LogP contribution < -0.4 is 5.73 Å². The number of nitrogens with two attached hydrogens (primary N) is 1. The fraction of sp³-hybridized carbons (Fsp3) is 0.364. The molecule has 2 N–H and O–H groups in total. The van der Waals surface area contributed by atoms with Gasteiger partial charge in [-0.1, -0.05) is 6.07 Å². The first-order valence-electron chi connectivity index (χ1n) is 4.80. The number of amides is 1. The standard InChI is InChI=1S/C11H16N2OS/c1-8(7-15)13(2)11(14)9-4-3-5-10(12)6-9/h3-6,8,15H,7,12H2,1-2H3. The van der Waals surface area contributed by atoms with E-state index in [0.717, 1.165) is 0 Å². The molecule has 1 unspecified atom stereocenters. The first kappa shape index (κ1) is 11.9. The molecule has 15 heavy (non-hydrogen) atoms. The van der Waals surface area contributed by atoms with Crippen LogP contribution in [0.3, 0.4) is 0 Å². The summed E-state index contributed by atoms with van der Waals surface area (Å²) < 4.78 is 0.